The third-order valence-corrected chi connectivity index (χ3v) is 4.81. The molecular formula is C16H17NO5S2. The lowest BCUT2D eigenvalue weighted by Crippen LogP contribution is -2.43. The second-order valence-corrected chi connectivity index (χ2v) is 6.80. The smallest absolute Gasteiger partial charge is 0.326 e. The standard InChI is InChI=1S/C16H17NO5S2/c1-3-4-10(15(20)21)17-14(19)13(24-16(17)23)8-9-5-6-11(18)12(7-9)22-2/h5-8,10,18H,3-4H2,1-2H3,(H,20,21)/b13-8-/t10-/m1/s1. The number of nitrogens with zero attached hydrogens (tertiary/aromatic N) is 1. The fraction of sp³-hybridized carbons (Fsp3) is 0.312. The van der Waals surface area contributed by atoms with Gasteiger partial charge in [0.25, 0.3) is 5.91 Å². The minimum absolute atomic E-state index is 0.00362. The van der Waals surface area contributed by atoms with Gasteiger partial charge in [-0.2, -0.15) is 0 Å². The molecule has 1 atom stereocenters. The van der Waals surface area contributed by atoms with Crippen LogP contribution in [0.4, 0.5) is 0 Å². The number of rotatable bonds is 6. The van der Waals surface area contributed by atoms with E-state index in [4.69, 9.17) is 17.0 Å². The largest absolute Gasteiger partial charge is 0.504 e. The molecule has 128 valence electrons. The van der Waals surface area contributed by atoms with Crippen molar-refractivity contribution in [3.8, 4) is 11.5 Å². The molecule has 24 heavy (non-hydrogen) atoms. The summed E-state index contributed by atoms with van der Waals surface area (Å²) in [5.74, 6) is -1.21. The Balaban J connectivity index is 2.32. The summed E-state index contributed by atoms with van der Waals surface area (Å²) < 4.78 is 5.27. The predicted molar refractivity (Wildman–Crippen MR) is 96.0 cm³/mol. The summed E-state index contributed by atoms with van der Waals surface area (Å²) in [6.45, 7) is 1.85. The number of phenolic OH excluding ortho intramolecular Hbond substituents is 1. The molecule has 1 aromatic carbocycles. The lowest BCUT2D eigenvalue weighted by atomic mass is 10.1. The highest BCUT2D eigenvalue weighted by atomic mass is 32.2. The van der Waals surface area contributed by atoms with Crippen molar-refractivity contribution in [2.75, 3.05) is 7.11 Å². The summed E-state index contributed by atoms with van der Waals surface area (Å²) in [4.78, 5) is 25.5. The van der Waals surface area contributed by atoms with Crippen molar-refractivity contribution in [2.24, 2.45) is 0 Å². The maximum absolute atomic E-state index is 12.6. The fourth-order valence-corrected chi connectivity index (χ4v) is 3.68. The molecule has 2 rings (SSSR count). The Morgan fingerprint density at radius 2 is 2.21 bits per heavy atom. The van der Waals surface area contributed by atoms with Crippen LogP contribution in [0.15, 0.2) is 23.1 Å². The van der Waals surface area contributed by atoms with Crippen LogP contribution in [0.2, 0.25) is 0 Å². The van der Waals surface area contributed by atoms with Gasteiger partial charge in [-0.25, -0.2) is 4.79 Å². The maximum atomic E-state index is 12.6. The summed E-state index contributed by atoms with van der Waals surface area (Å²) in [6.07, 6.45) is 2.57. The average Bonchev–Trinajstić information content (AvgIpc) is 2.81. The summed E-state index contributed by atoms with van der Waals surface area (Å²) in [6, 6.07) is 3.72. The number of carbonyl (C=O) groups is 2. The molecule has 8 heteroatoms. The molecule has 2 N–H and O–H groups in total. The van der Waals surface area contributed by atoms with E-state index in [0.717, 1.165) is 16.7 Å². The Labute approximate surface area is 149 Å². The molecule has 1 saturated heterocycles. The summed E-state index contributed by atoms with van der Waals surface area (Å²) in [7, 11) is 1.43. The van der Waals surface area contributed by atoms with E-state index in [2.05, 4.69) is 0 Å². The molecule has 1 fully saturated rings. The molecule has 0 saturated carbocycles. The summed E-state index contributed by atoms with van der Waals surface area (Å²) in [5, 5.41) is 19.0. The van der Waals surface area contributed by atoms with Gasteiger partial charge >= 0.3 is 5.97 Å². The second kappa shape index (κ2) is 7.67. The van der Waals surface area contributed by atoms with Gasteiger partial charge in [0.15, 0.2) is 11.5 Å². The van der Waals surface area contributed by atoms with Crippen LogP contribution in [-0.4, -0.2) is 44.5 Å². The van der Waals surface area contributed by atoms with Crippen LogP contribution in [0, 0.1) is 0 Å². The lowest BCUT2D eigenvalue weighted by molar-refractivity contribution is -0.145. The third kappa shape index (κ3) is 3.70. The number of aliphatic carboxylic acids is 1. The normalized spacial score (nSPS) is 17.4. The first-order chi connectivity index (χ1) is 11.4. The summed E-state index contributed by atoms with van der Waals surface area (Å²) >= 11 is 6.26. The molecule has 0 radical (unpaired) electrons. The first-order valence-corrected chi connectivity index (χ1v) is 8.48. The van der Waals surface area contributed by atoms with Gasteiger partial charge in [-0.1, -0.05) is 43.4 Å². The molecule has 1 heterocycles. The number of carboxylic acid groups (broad SMARTS) is 1. The van der Waals surface area contributed by atoms with Gasteiger partial charge in [0, 0.05) is 0 Å². The van der Waals surface area contributed by atoms with Gasteiger partial charge in [-0.15, -0.1) is 0 Å². The monoisotopic (exact) mass is 367 g/mol. The van der Waals surface area contributed by atoms with Crippen molar-refractivity contribution in [3.63, 3.8) is 0 Å². The molecule has 0 bridgehead atoms. The van der Waals surface area contributed by atoms with Crippen molar-refractivity contribution in [2.45, 2.75) is 25.8 Å². The second-order valence-electron chi connectivity index (χ2n) is 5.13. The SMILES string of the molecule is CCC[C@H](C(=O)O)N1C(=O)/C(=C/c2ccc(O)c(OC)c2)SC1=S. The number of hydrogen-bond acceptors (Lipinski definition) is 6. The van der Waals surface area contributed by atoms with E-state index >= 15 is 0 Å². The number of carbonyl (C=O) groups excluding carboxylic acids is 1. The maximum Gasteiger partial charge on any atom is 0.326 e. The Morgan fingerprint density at radius 3 is 2.79 bits per heavy atom. The van der Waals surface area contributed by atoms with Gasteiger partial charge < -0.3 is 14.9 Å². The fourth-order valence-electron chi connectivity index (χ4n) is 2.32. The Hall–Kier alpha value is -2.06. The highest BCUT2D eigenvalue weighted by Gasteiger charge is 2.39. The first-order valence-electron chi connectivity index (χ1n) is 7.26. The molecule has 1 aromatic rings. The van der Waals surface area contributed by atoms with E-state index in [1.54, 1.807) is 18.2 Å². The molecule has 1 amide bonds. The Bertz CT molecular complexity index is 716. The number of methoxy groups -OCH3 is 1. The van der Waals surface area contributed by atoms with Gasteiger partial charge in [-0.05, 0) is 30.2 Å². The molecule has 1 aliphatic heterocycles. The van der Waals surface area contributed by atoms with E-state index in [-0.39, 0.29) is 15.8 Å². The van der Waals surface area contributed by atoms with Crippen molar-refractivity contribution in [3.05, 3.63) is 28.7 Å². The Morgan fingerprint density at radius 1 is 1.50 bits per heavy atom. The molecule has 0 aromatic heterocycles. The number of aromatic hydroxyl groups is 1. The number of carboxylic acids is 1. The molecule has 0 aliphatic carbocycles. The molecule has 6 nitrogen and oxygen atoms in total. The van der Waals surface area contributed by atoms with Gasteiger partial charge in [0.05, 0.1) is 12.0 Å². The minimum Gasteiger partial charge on any atom is -0.504 e. The average molecular weight is 367 g/mol. The zero-order valence-corrected chi connectivity index (χ0v) is 14.8. The molecule has 1 aliphatic rings. The molecule has 0 spiro atoms. The van der Waals surface area contributed by atoms with E-state index in [1.165, 1.54) is 13.2 Å². The number of ether oxygens (including phenoxy) is 1. The quantitative estimate of drug-likeness (QED) is 0.590. The van der Waals surface area contributed by atoms with Gasteiger partial charge in [0.1, 0.15) is 10.4 Å². The van der Waals surface area contributed by atoms with E-state index in [9.17, 15) is 19.8 Å². The van der Waals surface area contributed by atoms with Crippen LogP contribution in [0.3, 0.4) is 0 Å². The van der Waals surface area contributed by atoms with Gasteiger partial charge in [-0.3, -0.25) is 9.69 Å². The third-order valence-electron chi connectivity index (χ3n) is 3.48. The van der Waals surface area contributed by atoms with E-state index in [0.29, 0.717) is 23.3 Å². The summed E-state index contributed by atoms with van der Waals surface area (Å²) in [5.41, 5.74) is 0.646. The number of thioether (sulfide) groups is 1. The lowest BCUT2D eigenvalue weighted by Gasteiger charge is -2.22. The van der Waals surface area contributed by atoms with Crippen LogP contribution in [0.25, 0.3) is 6.08 Å². The van der Waals surface area contributed by atoms with Crippen molar-refractivity contribution in [1.82, 2.24) is 4.90 Å². The zero-order chi connectivity index (χ0) is 17.9. The predicted octanol–water partition coefficient (Wildman–Crippen LogP) is 2.86. The highest BCUT2D eigenvalue weighted by molar-refractivity contribution is 8.26. The zero-order valence-electron chi connectivity index (χ0n) is 13.2. The molecular weight excluding hydrogens is 350 g/mol. The number of benzene rings is 1. The van der Waals surface area contributed by atoms with E-state index in [1.807, 2.05) is 6.92 Å². The van der Waals surface area contributed by atoms with Crippen molar-refractivity contribution < 1.29 is 24.5 Å². The number of hydrogen-bond donors (Lipinski definition) is 2. The van der Waals surface area contributed by atoms with Crippen LogP contribution in [0.1, 0.15) is 25.3 Å². The van der Waals surface area contributed by atoms with Crippen molar-refractivity contribution >= 4 is 46.3 Å². The van der Waals surface area contributed by atoms with Crippen LogP contribution in [0.5, 0.6) is 11.5 Å². The number of thiocarbonyl (C=S) groups is 1. The first kappa shape index (κ1) is 18.3. The van der Waals surface area contributed by atoms with Crippen molar-refractivity contribution in [1.29, 1.82) is 0 Å². The van der Waals surface area contributed by atoms with Crippen LogP contribution >= 0.6 is 24.0 Å². The molecule has 0 unspecified atom stereocenters. The van der Waals surface area contributed by atoms with Crippen LogP contribution in [-0.2, 0) is 9.59 Å². The van der Waals surface area contributed by atoms with Crippen LogP contribution < -0.4 is 4.74 Å². The van der Waals surface area contributed by atoms with E-state index < -0.39 is 17.9 Å². The van der Waals surface area contributed by atoms with Gasteiger partial charge in [0.2, 0.25) is 0 Å². The highest BCUT2D eigenvalue weighted by Crippen LogP contribution is 2.36. The number of phenols is 1. The minimum atomic E-state index is -1.07. The number of amides is 1. The Kier molecular flexibility index (Phi) is 5.84. The topological polar surface area (TPSA) is 87.1 Å².